The summed E-state index contributed by atoms with van der Waals surface area (Å²) in [5.41, 5.74) is 1.66. The van der Waals surface area contributed by atoms with Crippen LogP contribution in [-0.4, -0.2) is 30.1 Å². The molecule has 1 aromatic heterocycles. The summed E-state index contributed by atoms with van der Waals surface area (Å²) in [6, 6.07) is 15.1. The van der Waals surface area contributed by atoms with E-state index in [0.29, 0.717) is 45.1 Å². The molecular formula is C28H27BrFN3O4. The number of nitrogens with zero attached hydrogens (tertiary/aromatic N) is 3. The largest absolute Gasteiger partial charge is 0.493 e. The van der Waals surface area contributed by atoms with Crippen LogP contribution in [0.25, 0.3) is 10.9 Å². The molecule has 7 nitrogen and oxygen atoms in total. The van der Waals surface area contributed by atoms with Gasteiger partial charge in [0.05, 0.1) is 31.3 Å². The zero-order valence-corrected chi connectivity index (χ0v) is 22.6. The number of aromatic nitrogens is 2. The first-order valence-corrected chi connectivity index (χ1v) is 12.5. The summed E-state index contributed by atoms with van der Waals surface area (Å²) in [7, 11) is 3.03. The van der Waals surface area contributed by atoms with Crippen LogP contribution < -0.4 is 19.8 Å². The maximum atomic E-state index is 13.5. The molecule has 9 heteroatoms. The highest BCUT2D eigenvalue weighted by Crippen LogP contribution is 2.38. The topological polar surface area (TPSA) is 74.9 Å². The van der Waals surface area contributed by atoms with E-state index in [1.807, 2.05) is 26.0 Å². The van der Waals surface area contributed by atoms with Crippen LogP contribution in [0.4, 0.5) is 4.39 Å². The molecule has 0 spiro atoms. The number of fused-ring (bicyclic) bond motifs is 1. The third-order valence-corrected chi connectivity index (χ3v) is 6.46. The van der Waals surface area contributed by atoms with Gasteiger partial charge in [-0.1, -0.05) is 41.9 Å². The standard InChI is InChI=1S/C28H27BrFN3O4/c1-5-17(2)27-32-23-10-9-20(29)14-22(23)28(34)33(27)31-15-19-12-24(35-3)26(25(13-19)36-4)37-16-18-7-6-8-21(30)11-18/h6-15,17H,5,16H2,1-4H3/t17-/m1/s1. The highest BCUT2D eigenvalue weighted by atomic mass is 79.9. The van der Waals surface area contributed by atoms with E-state index in [0.717, 1.165) is 10.9 Å². The zero-order chi connectivity index (χ0) is 26.5. The number of methoxy groups -OCH3 is 2. The lowest BCUT2D eigenvalue weighted by atomic mass is 10.1. The van der Waals surface area contributed by atoms with E-state index in [-0.39, 0.29) is 23.9 Å². The molecule has 4 aromatic rings. The summed E-state index contributed by atoms with van der Waals surface area (Å²) in [6.45, 7) is 4.17. The quantitative estimate of drug-likeness (QED) is 0.222. The minimum Gasteiger partial charge on any atom is -0.493 e. The molecule has 0 fully saturated rings. The molecule has 1 heterocycles. The van der Waals surface area contributed by atoms with Crippen molar-refractivity contribution in [3.63, 3.8) is 0 Å². The minimum atomic E-state index is -0.339. The molecule has 37 heavy (non-hydrogen) atoms. The van der Waals surface area contributed by atoms with Gasteiger partial charge in [0.15, 0.2) is 11.5 Å². The highest BCUT2D eigenvalue weighted by Gasteiger charge is 2.17. The Morgan fingerprint density at radius 2 is 1.84 bits per heavy atom. The van der Waals surface area contributed by atoms with E-state index < -0.39 is 0 Å². The summed E-state index contributed by atoms with van der Waals surface area (Å²) in [4.78, 5) is 18.1. The van der Waals surface area contributed by atoms with Crippen molar-refractivity contribution < 1.29 is 18.6 Å². The number of halogens is 2. The second-order valence-corrected chi connectivity index (χ2v) is 9.39. The first kappa shape index (κ1) is 26.3. The van der Waals surface area contributed by atoms with Gasteiger partial charge in [0.25, 0.3) is 5.56 Å². The SMILES string of the molecule is CC[C@@H](C)c1nc2ccc(Br)cc2c(=O)n1N=Cc1cc(OC)c(OCc2cccc(F)c2)c(OC)c1. The van der Waals surface area contributed by atoms with Gasteiger partial charge < -0.3 is 14.2 Å². The van der Waals surface area contributed by atoms with Gasteiger partial charge in [0.1, 0.15) is 18.2 Å². The molecule has 4 rings (SSSR count). The van der Waals surface area contributed by atoms with Crippen molar-refractivity contribution in [1.29, 1.82) is 0 Å². The highest BCUT2D eigenvalue weighted by molar-refractivity contribution is 9.10. The summed E-state index contributed by atoms with van der Waals surface area (Å²) >= 11 is 3.42. The fourth-order valence-electron chi connectivity index (χ4n) is 3.80. The van der Waals surface area contributed by atoms with Gasteiger partial charge >= 0.3 is 0 Å². The Hall–Kier alpha value is -3.72. The molecule has 3 aromatic carbocycles. The average Bonchev–Trinajstić information content (AvgIpc) is 2.90. The molecule has 0 N–H and O–H groups in total. The number of rotatable bonds is 9. The Balaban J connectivity index is 1.73. The molecular weight excluding hydrogens is 541 g/mol. The van der Waals surface area contributed by atoms with E-state index in [9.17, 15) is 9.18 Å². The molecule has 0 amide bonds. The van der Waals surface area contributed by atoms with Crippen molar-refractivity contribution in [2.24, 2.45) is 5.10 Å². The van der Waals surface area contributed by atoms with Crippen molar-refractivity contribution in [2.75, 3.05) is 14.2 Å². The van der Waals surface area contributed by atoms with Gasteiger partial charge in [-0.05, 0) is 54.4 Å². The molecule has 0 radical (unpaired) electrons. The van der Waals surface area contributed by atoms with Crippen LogP contribution in [0.1, 0.15) is 43.1 Å². The monoisotopic (exact) mass is 567 g/mol. The van der Waals surface area contributed by atoms with Crippen molar-refractivity contribution in [1.82, 2.24) is 9.66 Å². The smallest absolute Gasteiger partial charge is 0.282 e. The van der Waals surface area contributed by atoms with E-state index in [2.05, 4.69) is 21.0 Å². The second-order valence-electron chi connectivity index (χ2n) is 8.48. The first-order valence-electron chi connectivity index (χ1n) is 11.7. The maximum absolute atomic E-state index is 13.5. The summed E-state index contributed by atoms with van der Waals surface area (Å²) in [5, 5.41) is 4.98. The Morgan fingerprint density at radius 1 is 1.11 bits per heavy atom. The van der Waals surface area contributed by atoms with E-state index >= 15 is 0 Å². The Labute approximate surface area is 222 Å². The number of ether oxygens (including phenoxy) is 3. The number of hydrogen-bond donors (Lipinski definition) is 0. The molecule has 0 aliphatic rings. The second kappa shape index (κ2) is 11.6. The summed E-state index contributed by atoms with van der Waals surface area (Å²) in [5.74, 6) is 1.45. The third-order valence-electron chi connectivity index (χ3n) is 5.96. The molecule has 0 unspecified atom stereocenters. The van der Waals surface area contributed by atoms with Crippen LogP contribution >= 0.6 is 15.9 Å². The molecule has 0 saturated heterocycles. The first-order chi connectivity index (χ1) is 17.8. The Kier molecular flexibility index (Phi) is 8.23. The van der Waals surface area contributed by atoms with Crippen LogP contribution in [0, 0.1) is 5.82 Å². The molecule has 0 saturated carbocycles. The summed E-state index contributed by atoms with van der Waals surface area (Å²) in [6.07, 6.45) is 2.35. The lowest BCUT2D eigenvalue weighted by molar-refractivity contribution is 0.265. The van der Waals surface area contributed by atoms with E-state index in [1.165, 1.54) is 31.0 Å². The van der Waals surface area contributed by atoms with Crippen molar-refractivity contribution in [2.45, 2.75) is 32.8 Å². The van der Waals surface area contributed by atoms with Gasteiger partial charge in [-0.25, -0.2) is 9.37 Å². The average molecular weight is 568 g/mol. The van der Waals surface area contributed by atoms with Crippen molar-refractivity contribution in [3.05, 3.63) is 92.2 Å². The predicted octanol–water partition coefficient (Wildman–Crippen LogP) is 6.29. The molecule has 192 valence electrons. The van der Waals surface area contributed by atoms with Crippen molar-refractivity contribution >= 4 is 33.0 Å². The summed E-state index contributed by atoms with van der Waals surface area (Å²) < 4.78 is 32.7. The van der Waals surface area contributed by atoms with E-state index in [4.69, 9.17) is 19.2 Å². The molecule has 0 aliphatic carbocycles. The lowest BCUT2D eigenvalue weighted by Gasteiger charge is -2.16. The third kappa shape index (κ3) is 5.83. The normalized spacial score (nSPS) is 12.2. The van der Waals surface area contributed by atoms with Gasteiger partial charge in [-0.3, -0.25) is 4.79 Å². The van der Waals surface area contributed by atoms with Crippen LogP contribution in [0.15, 0.2) is 69.0 Å². The maximum Gasteiger partial charge on any atom is 0.282 e. The Bertz CT molecular complexity index is 1490. The van der Waals surface area contributed by atoms with Crippen LogP contribution in [0.2, 0.25) is 0 Å². The minimum absolute atomic E-state index is 0.0144. The Morgan fingerprint density at radius 3 is 2.49 bits per heavy atom. The zero-order valence-electron chi connectivity index (χ0n) is 21.0. The van der Waals surface area contributed by atoms with Crippen molar-refractivity contribution in [3.8, 4) is 17.2 Å². The van der Waals surface area contributed by atoms with Crippen LogP contribution in [-0.2, 0) is 6.61 Å². The lowest BCUT2D eigenvalue weighted by Crippen LogP contribution is -2.23. The molecule has 0 bridgehead atoms. The molecule has 1 atom stereocenters. The van der Waals surface area contributed by atoms with E-state index in [1.54, 1.807) is 36.5 Å². The number of benzene rings is 3. The predicted molar refractivity (Wildman–Crippen MR) is 146 cm³/mol. The fourth-order valence-corrected chi connectivity index (χ4v) is 4.16. The van der Waals surface area contributed by atoms with Crippen LogP contribution in [0.5, 0.6) is 17.2 Å². The van der Waals surface area contributed by atoms with Gasteiger partial charge in [0, 0.05) is 16.0 Å². The van der Waals surface area contributed by atoms with Gasteiger partial charge in [-0.2, -0.15) is 9.78 Å². The fraction of sp³-hybridized carbons (Fsp3) is 0.250. The van der Waals surface area contributed by atoms with Crippen LogP contribution in [0.3, 0.4) is 0 Å². The van der Waals surface area contributed by atoms with Gasteiger partial charge in [-0.15, -0.1) is 0 Å². The number of hydrogen-bond acceptors (Lipinski definition) is 6. The molecule has 0 aliphatic heterocycles. The van der Waals surface area contributed by atoms with Gasteiger partial charge in [0.2, 0.25) is 5.75 Å².